The van der Waals surface area contributed by atoms with Crippen molar-refractivity contribution in [2.24, 2.45) is 0 Å². The summed E-state index contributed by atoms with van der Waals surface area (Å²) in [6.07, 6.45) is 1.49. The van der Waals surface area contributed by atoms with Crippen LogP contribution in [0.3, 0.4) is 0 Å². The van der Waals surface area contributed by atoms with Gasteiger partial charge in [0.2, 0.25) is 5.88 Å². The smallest absolute Gasteiger partial charge is 0.233 e. The molecule has 0 fully saturated rings. The van der Waals surface area contributed by atoms with Crippen LogP contribution in [0.25, 0.3) is 0 Å². The molecule has 1 heterocycles. The zero-order valence-corrected chi connectivity index (χ0v) is 11.2. The maximum Gasteiger partial charge on any atom is 0.233 e. The zero-order valence-electron chi connectivity index (χ0n) is 8.88. The number of aromatic nitrogens is 1. The third-order valence-electron chi connectivity index (χ3n) is 2.12. The largest absolute Gasteiger partial charge is 0.438 e. The van der Waals surface area contributed by atoms with Crippen LogP contribution in [0.5, 0.6) is 11.6 Å². The molecule has 0 spiro atoms. The first kappa shape index (κ1) is 12.3. The predicted molar refractivity (Wildman–Crippen MR) is 68.2 cm³/mol. The summed E-state index contributed by atoms with van der Waals surface area (Å²) in [6.45, 7) is 1.77. The Morgan fingerprint density at radius 1 is 1.35 bits per heavy atom. The van der Waals surface area contributed by atoms with E-state index in [4.69, 9.17) is 16.3 Å². The van der Waals surface area contributed by atoms with Crippen molar-refractivity contribution in [3.63, 3.8) is 0 Å². The van der Waals surface area contributed by atoms with E-state index in [0.717, 1.165) is 0 Å². The molecule has 0 unspecified atom stereocenters. The Balaban J connectivity index is 2.31. The van der Waals surface area contributed by atoms with Crippen LogP contribution in [-0.4, -0.2) is 4.98 Å². The molecule has 0 radical (unpaired) electrons. The van der Waals surface area contributed by atoms with Crippen LogP contribution in [0, 0.1) is 12.7 Å². The average molecular weight is 317 g/mol. The lowest BCUT2D eigenvalue weighted by molar-refractivity contribution is 0.454. The van der Waals surface area contributed by atoms with Gasteiger partial charge in [-0.15, -0.1) is 0 Å². The fourth-order valence-corrected chi connectivity index (χ4v) is 2.03. The minimum absolute atomic E-state index is 0.294. The number of aryl methyl sites for hydroxylation is 1. The second-order valence-electron chi connectivity index (χ2n) is 3.45. The molecule has 0 N–H and O–H groups in total. The molecule has 2 nitrogen and oxygen atoms in total. The van der Waals surface area contributed by atoms with E-state index in [9.17, 15) is 4.39 Å². The van der Waals surface area contributed by atoms with Gasteiger partial charge in [0.1, 0.15) is 11.6 Å². The maximum absolute atomic E-state index is 12.9. The number of pyridine rings is 1. The molecule has 2 rings (SSSR count). The van der Waals surface area contributed by atoms with E-state index in [0.29, 0.717) is 26.7 Å². The SMILES string of the molecule is Cc1cc(F)ccc1Oc1ncc(Cl)cc1Br. The van der Waals surface area contributed by atoms with E-state index in [1.165, 1.54) is 18.3 Å². The Hall–Kier alpha value is -1.13. The van der Waals surface area contributed by atoms with Crippen molar-refractivity contribution in [3.05, 3.63) is 51.3 Å². The zero-order chi connectivity index (χ0) is 12.4. The Kier molecular flexibility index (Phi) is 3.64. The molecule has 17 heavy (non-hydrogen) atoms. The molecule has 2 aromatic rings. The second-order valence-corrected chi connectivity index (χ2v) is 4.74. The van der Waals surface area contributed by atoms with Gasteiger partial charge >= 0.3 is 0 Å². The van der Waals surface area contributed by atoms with Crippen molar-refractivity contribution in [2.45, 2.75) is 6.92 Å². The number of halogens is 3. The van der Waals surface area contributed by atoms with Gasteiger partial charge in [-0.2, -0.15) is 0 Å². The van der Waals surface area contributed by atoms with E-state index in [1.807, 2.05) is 0 Å². The Bertz CT molecular complexity index is 513. The van der Waals surface area contributed by atoms with E-state index in [2.05, 4.69) is 20.9 Å². The highest BCUT2D eigenvalue weighted by Gasteiger charge is 2.07. The van der Waals surface area contributed by atoms with Gasteiger partial charge in [0.25, 0.3) is 0 Å². The van der Waals surface area contributed by atoms with Crippen LogP contribution < -0.4 is 4.74 Å². The van der Waals surface area contributed by atoms with Gasteiger partial charge in [0, 0.05) is 6.20 Å². The van der Waals surface area contributed by atoms with Gasteiger partial charge in [0.15, 0.2) is 0 Å². The quantitative estimate of drug-likeness (QED) is 0.798. The molecular formula is C12H8BrClFNO. The molecule has 0 aliphatic carbocycles. The first-order valence-electron chi connectivity index (χ1n) is 4.81. The minimum atomic E-state index is -0.294. The Morgan fingerprint density at radius 2 is 2.12 bits per heavy atom. The molecule has 88 valence electrons. The minimum Gasteiger partial charge on any atom is -0.438 e. The van der Waals surface area contributed by atoms with Gasteiger partial charge in [0.05, 0.1) is 9.50 Å². The van der Waals surface area contributed by atoms with E-state index < -0.39 is 0 Å². The third kappa shape index (κ3) is 2.96. The van der Waals surface area contributed by atoms with E-state index in [-0.39, 0.29) is 5.82 Å². The monoisotopic (exact) mass is 315 g/mol. The number of benzene rings is 1. The molecule has 0 aliphatic rings. The summed E-state index contributed by atoms with van der Waals surface area (Å²) in [6, 6.07) is 5.99. The van der Waals surface area contributed by atoms with Crippen LogP contribution in [0.2, 0.25) is 5.02 Å². The summed E-state index contributed by atoms with van der Waals surface area (Å²) in [5.74, 6) is 0.656. The lowest BCUT2D eigenvalue weighted by Gasteiger charge is -2.09. The highest BCUT2D eigenvalue weighted by atomic mass is 79.9. The molecule has 0 bridgehead atoms. The number of ether oxygens (including phenoxy) is 1. The molecule has 0 aliphatic heterocycles. The molecule has 0 atom stereocenters. The van der Waals surface area contributed by atoms with Crippen LogP contribution in [0.1, 0.15) is 5.56 Å². The van der Waals surface area contributed by atoms with Gasteiger partial charge in [-0.25, -0.2) is 9.37 Å². The molecule has 1 aromatic carbocycles. The van der Waals surface area contributed by atoms with Crippen molar-refractivity contribution in [3.8, 4) is 11.6 Å². The topological polar surface area (TPSA) is 22.1 Å². The van der Waals surface area contributed by atoms with Crippen molar-refractivity contribution in [1.82, 2.24) is 4.98 Å². The summed E-state index contributed by atoms with van der Waals surface area (Å²) in [4.78, 5) is 4.04. The first-order chi connectivity index (χ1) is 8.06. The lowest BCUT2D eigenvalue weighted by Crippen LogP contribution is -1.92. The third-order valence-corrected chi connectivity index (χ3v) is 2.89. The Morgan fingerprint density at radius 3 is 2.76 bits per heavy atom. The maximum atomic E-state index is 12.9. The van der Waals surface area contributed by atoms with Crippen molar-refractivity contribution >= 4 is 27.5 Å². The fraction of sp³-hybridized carbons (Fsp3) is 0.0833. The molecule has 0 amide bonds. The predicted octanol–water partition coefficient (Wildman–Crippen LogP) is 4.74. The van der Waals surface area contributed by atoms with Crippen LogP contribution in [0.4, 0.5) is 4.39 Å². The first-order valence-corrected chi connectivity index (χ1v) is 5.98. The summed E-state index contributed by atoms with van der Waals surface area (Å²) >= 11 is 9.07. The van der Waals surface area contributed by atoms with Gasteiger partial charge in [-0.3, -0.25) is 0 Å². The highest BCUT2D eigenvalue weighted by Crippen LogP contribution is 2.31. The number of hydrogen-bond donors (Lipinski definition) is 0. The number of nitrogens with zero attached hydrogens (tertiary/aromatic N) is 1. The number of rotatable bonds is 2. The van der Waals surface area contributed by atoms with Gasteiger partial charge in [-0.05, 0) is 52.7 Å². The van der Waals surface area contributed by atoms with Crippen molar-refractivity contribution < 1.29 is 9.13 Å². The molecular weight excluding hydrogens is 308 g/mol. The van der Waals surface area contributed by atoms with Crippen molar-refractivity contribution in [1.29, 1.82) is 0 Å². The Labute approximate surface area is 112 Å². The molecule has 1 aromatic heterocycles. The molecule has 0 saturated carbocycles. The molecule has 5 heteroatoms. The average Bonchev–Trinajstić information content (AvgIpc) is 2.25. The normalized spacial score (nSPS) is 10.4. The lowest BCUT2D eigenvalue weighted by atomic mass is 10.2. The van der Waals surface area contributed by atoms with E-state index in [1.54, 1.807) is 19.1 Å². The van der Waals surface area contributed by atoms with Gasteiger partial charge < -0.3 is 4.74 Å². The highest BCUT2D eigenvalue weighted by molar-refractivity contribution is 9.10. The van der Waals surface area contributed by atoms with Crippen LogP contribution in [0.15, 0.2) is 34.9 Å². The summed E-state index contributed by atoms with van der Waals surface area (Å²) < 4.78 is 19.1. The van der Waals surface area contributed by atoms with E-state index >= 15 is 0 Å². The van der Waals surface area contributed by atoms with Gasteiger partial charge in [-0.1, -0.05) is 11.6 Å². The summed E-state index contributed by atoms with van der Waals surface area (Å²) in [5.41, 5.74) is 0.702. The van der Waals surface area contributed by atoms with Crippen LogP contribution in [-0.2, 0) is 0 Å². The fourth-order valence-electron chi connectivity index (χ4n) is 1.31. The number of hydrogen-bond acceptors (Lipinski definition) is 2. The molecule has 0 saturated heterocycles. The standard InChI is InChI=1S/C12H8BrClFNO/c1-7-4-9(15)2-3-11(7)17-12-10(13)5-8(14)6-16-12/h2-6H,1H3. The summed E-state index contributed by atoms with van der Waals surface area (Å²) in [7, 11) is 0. The van der Waals surface area contributed by atoms with Crippen molar-refractivity contribution in [2.75, 3.05) is 0 Å². The summed E-state index contributed by atoms with van der Waals surface area (Å²) in [5, 5.41) is 0.514. The second kappa shape index (κ2) is 5.02. The van der Waals surface area contributed by atoms with Crippen LogP contribution >= 0.6 is 27.5 Å².